The predicted octanol–water partition coefficient (Wildman–Crippen LogP) is 4.16. The fourth-order valence-corrected chi connectivity index (χ4v) is 2.59. The van der Waals surface area contributed by atoms with Gasteiger partial charge in [0.25, 0.3) is 0 Å². The Kier molecular flexibility index (Phi) is 7.30. The zero-order valence-corrected chi connectivity index (χ0v) is 14.1. The van der Waals surface area contributed by atoms with Gasteiger partial charge in [0.15, 0.2) is 0 Å². The Hall–Kier alpha value is -1.48. The van der Waals surface area contributed by atoms with Gasteiger partial charge in [-0.3, -0.25) is 0 Å². The highest BCUT2D eigenvalue weighted by molar-refractivity contribution is 5.61. The number of methoxy groups -OCH3 is 1. The van der Waals surface area contributed by atoms with Crippen LogP contribution in [0.25, 0.3) is 0 Å². The fourth-order valence-electron chi connectivity index (χ4n) is 2.59. The van der Waals surface area contributed by atoms with Gasteiger partial charge >= 0.3 is 0 Å². The highest BCUT2D eigenvalue weighted by Crippen LogP contribution is 2.35. The predicted molar refractivity (Wildman–Crippen MR) is 92.4 cm³/mol. The summed E-state index contributed by atoms with van der Waals surface area (Å²) in [6.45, 7) is 14.5. The lowest BCUT2D eigenvalue weighted by Gasteiger charge is -2.32. The first-order chi connectivity index (χ1) is 10.1. The summed E-state index contributed by atoms with van der Waals surface area (Å²) in [7, 11) is 1.74. The first-order valence-electron chi connectivity index (χ1n) is 7.84. The number of hydrogen-bond acceptors (Lipinski definition) is 3. The van der Waals surface area contributed by atoms with Crippen molar-refractivity contribution >= 4 is 5.69 Å². The Morgan fingerprint density at radius 1 is 1.33 bits per heavy atom. The molecule has 0 radical (unpaired) electrons. The lowest BCUT2D eigenvalue weighted by atomic mass is 10.0. The molecule has 0 aliphatic rings. The van der Waals surface area contributed by atoms with Gasteiger partial charge in [-0.15, -0.1) is 6.58 Å². The third kappa shape index (κ3) is 4.50. The maximum atomic E-state index is 5.60. The van der Waals surface area contributed by atoms with E-state index in [1.54, 1.807) is 7.11 Å². The number of rotatable bonds is 9. The van der Waals surface area contributed by atoms with E-state index in [0.717, 1.165) is 25.3 Å². The van der Waals surface area contributed by atoms with Gasteiger partial charge < -0.3 is 15.0 Å². The standard InChI is InChI=1S/C18H30N2O/c1-7-12-19-15(5)18-16(10-9-11-17(18)21-6)20(13-8-2)14(3)4/h8-11,14-15,19H,2,7,12-13H2,1,3-6H3. The fraction of sp³-hybridized carbons (Fsp3) is 0.556. The molecule has 0 aliphatic heterocycles. The van der Waals surface area contributed by atoms with Crippen LogP contribution in [0.3, 0.4) is 0 Å². The molecule has 21 heavy (non-hydrogen) atoms. The van der Waals surface area contributed by atoms with Gasteiger partial charge in [-0.25, -0.2) is 0 Å². The summed E-state index contributed by atoms with van der Waals surface area (Å²) in [5.74, 6) is 0.943. The summed E-state index contributed by atoms with van der Waals surface area (Å²) in [5.41, 5.74) is 2.45. The minimum Gasteiger partial charge on any atom is -0.496 e. The van der Waals surface area contributed by atoms with Gasteiger partial charge in [0.2, 0.25) is 0 Å². The zero-order valence-electron chi connectivity index (χ0n) is 14.1. The summed E-state index contributed by atoms with van der Waals surface area (Å²) < 4.78 is 5.60. The van der Waals surface area contributed by atoms with Crippen molar-refractivity contribution in [2.75, 3.05) is 25.1 Å². The van der Waals surface area contributed by atoms with Gasteiger partial charge in [-0.2, -0.15) is 0 Å². The minimum atomic E-state index is 0.252. The quantitative estimate of drug-likeness (QED) is 0.691. The van der Waals surface area contributed by atoms with Crippen molar-refractivity contribution < 1.29 is 4.74 Å². The van der Waals surface area contributed by atoms with E-state index in [1.165, 1.54) is 11.3 Å². The van der Waals surface area contributed by atoms with Crippen molar-refractivity contribution in [3.05, 3.63) is 36.4 Å². The third-order valence-electron chi connectivity index (χ3n) is 3.66. The van der Waals surface area contributed by atoms with E-state index in [1.807, 2.05) is 12.1 Å². The van der Waals surface area contributed by atoms with Crippen molar-refractivity contribution in [1.29, 1.82) is 0 Å². The number of nitrogens with zero attached hydrogens (tertiary/aromatic N) is 1. The smallest absolute Gasteiger partial charge is 0.125 e. The number of benzene rings is 1. The maximum Gasteiger partial charge on any atom is 0.125 e. The van der Waals surface area contributed by atoms with Crippen LogP contribution in [0.2, 0.25) is 0 Å². The minimum absolute atomic E-state index is 0.252. The van der Waals surface area contributed by atoms with E-state index < -0.39 is 0 Å². The Labute approximate surface area is 130 Å². The lowest BCUT2D eigenvalue weighted by molar-refractivity contribution is 0.401. The summed E-state index contributed by atoms with van der Waals surface area (Å²) in [6.07, 6.45) is 3.07. The normalized spacial score (nSPS) is 12.3. The molecule has 0 saturated carbocycles. The number of hydrogen-bond donors (Lipinski definition) is 1. The molecule has 3 nitrogen and oxygen atoms in total. The van der Waals surface area contributed by atoms with Crippen LogP contribution in [-0.2, 0) is 0 Å². The monoisotopic (exact) mass is 290 g/mol. The van der Waals surface area contributed by atoms with Crippen LogP contribution in [-0.4, -0.2) is 26.2 Å². The summed E-state index contributed by atoms with van der Waals surface area (Å²) in [5, 5.41) is 3.57. The number of nitrogens with one attached hydrogen (secondary N) is 1. The van der Waals surface area contributed by atoms with Crippen molar-refractivity contribution in [3.8, 4) is 5.75 Å². The maximum absolute atomic E-state index is 5.60. The molecule has 1 N–H and O–H groups in total. The topological polar surface area (TPSA) is 24.5 Å². The molecule has 0 fully saturated rings. The van der Waals surface area contributed by atoms with Crippen LogP contribution >= 0.6 is 0 Å². The Balaban J connectivity index is 3.26. The van der Waals surface area contributed by atoms with Gasteiger partial charge in [0.05, 0.1) is 7.11 Å². The van der Waals surface area contributed by atoms with Gasteiger partial charge in [-0.1, -0.05) is 19.1 Å². The average molecular weight is 290 g/mol. The highest BCUT2D eigenvalue weighted by atomic mass is 16.5. The molecule has 1 aromatic rings. The van der Waals surface area contributed by atoms with Crippen LogP contribution in [0, 0.1) is 0 Å². The molecule has 1 rings (SSSR count). The second kappa shape index (κ2) is 8.73. The molecule has 0 aromatic heterocycles. The van der Waals surface area contributed by atoms with E-state index in [2.05, 4.69) is 56.6 Å². The molecule has 0 spiro atoms. The van der Waals surface area contributed by atoms with Gasteiger partial charge in [0, 0.05) is 29.9 Å². The molecular formula is C18H30N2O. The SMILES string of the molecule is C=CCN(c1cccc(OC)c1C(C)NCCC)C(C)C. The lowest BCUT2D eigenvalue weighted by Crippen LogP contribution is -2.33. The highest BCUT2D eigenvalue weighted by Gasteiger charge is 2.20. The Morgan fingerprint density at radius 2 is 2.05 bits per heavy atom. The van der Waals surface area contributed by atoms with E-state index in [4.69, 9.17) is 4.74 Å². The molecule has 0 amide bonds. The molecule has 0 bridgehead atoms. The Morgan fingerprint density at radius 3 is 2.57 bits per heavy atom. The molecule has 1 atom stereocenters. The molecule has 0 aliphatic carbocycles. The molecule has 118 valence electrons. The van der Waals surface area contributed by atoms with Gasteiger partial charge in [0.1, 0.15) is 5.75 Å². The second-order valence-corrected chi connectivity index (χ2v) is 5.60. The largest absolute Gasteiger partial charge is 0.496 e. The number of anilines is 1. The van der Waals surface area contributed by atoms with Crippen molar-refractivity contribution in [2.45, 2.75) is 46.2 Å². The summed E-state index contributed by atoms with van der Waals surface area (Å²) in [6, 6.07) is 6.93. The van der Waals surface area contributed by atoms with E-state index in [9.17, 15) is 0 Å². The molecule has 1 unspecified atom stereocenters. The van der Waals surface area contributed by atoms with Crippen LogP contribution in [0.15, 0.2) is 30.9 Å². The average Bonchev–Trinajstić information content (AvgIpc) is 2.49. The molecule has 3 heteroatoms. The molecule has 0 saturated heterocycles. The van der Waals surface area contributed by atoms with E-state index in [0.29, 0.717) is 6.04 Å². The van der Waals surface area contributed by atoms with E-state index in [-0.39, 0.29) is 6.04 Å². The van der Waals surface area contributed by atoms with E-state index >= 15 is 0 Å². The van der Waals surface area contributed by atoms with Crippen LogP contribution in [0.5, 0.6) is 5.75 Å². The van der Waals surface area contributed by atoms with Gasteiger partial charge in [-0.05, 0) is 45.9 Å². The van der Waals surface area contributed by atoms with Crippen molar-refractivity contribution in [2.24, 2.45) is 0 Å². The third-order valence-corrected chi connectivity index (χ3v) is 3.66. The summed E-state index contributed by atoms with van der Waals surface area (Å²) in [4.78, 5) is 2.36. The Bertz CT molecular complexity index is 443. The first-order valence-corrected chi connectivity index (χ1v) is 7.84. The van der Waals surface area contributed by atoms with Crippen molar-refractivity contribution in [1.82, 2.24) is 5.32 Å². The molecule has 1 aromatic carbocycles. The number of ether oxygens (including phenoxy) is 1. The summed E-state index contributed by atoms with van der Waals surface area (Å²) >= 11 is 0. The zero-order chi connectivity index (χ0) is 15.8. The van der Waals surface area contributed by atoms with Crippen LogP contribution in [0.1, 0.15) is 45.7 Å². The first kappa shape index (κ1) is 17.6. The van der Waals surface area contributed by atoms with Crippen LogP contribution in [0.4, 0.5) is 5.69 Å². The van der Waals surface area contributed by atoms with Crippen molar-refractivity contribution in [3.63, 3.8) is 0 Å². The molecular weight excluding hydrogens is 260 g/mol. The van der Waals surface area contributed by atoms with Crippen LogP contribution < -0.4 is 15.0 Å². The second-order valence-electron chi connectivity index (χ2n) is 5.60. The molecule has 0 heterocycles.